The summed E-state index contributed by atoms with van der Waals surface area (Å²) in [7, 11) is 1.75. The molecule has 4 rings (SSSR count). The van der Waals surface area contributed by atoms with E-state index in [4.69, 9.17) is 11.6 Å². The lowest BCUT2D eigenvalue weighted by atomic mass is 9.94. The molecule has 3 heterocycles. The van der Waals surface area contributed by atoms with Crippen molar-refractivity contribution in [3.63, 3.8) is 0 Å². The van der Waals surface area contributed by atoms with E-state index < -0.39 is 5.92 Å². The van der Waals surface area contributed by atoms with Crippen molar-refractivity contribution in [3.05, 3.63) is 51.4 Å². The highest BCUT2D eigenvalue weighted by molar-refractivity contribution is 7.15. The van der Waals surface area contributed by atoms with Crippen LogP contribution in [0.2, 0.25) is 4.47 Å². The molecule has 2 atom stereocenters. The van der Waals surface area contributed by atoms with Gasteiger partial charge >= 0.3 is 11.8 Å². The predicted molar refractivity (Wildman–Crippen MR) is 91.3 cm³/mol. The van der Waals surface area contributed by atoms with Gasteiger partial charge in [0.2, 0.25) is 0 Å². The Labute approximate surface area is 148 Å². The van der Waals surface area contributed by atoms with Gasteiger partial charge in [-0.3, -0.25) is 0 Å². The van der Waals surface area contributed by atoms with Crippen molar-refractivity contribution in [1.82, 2.24) is 9.88 Å². The average molecular weight is 361 g/mol. The molecule has 0 N–H and O–H groups in total. The number of benzene rings is 1. The number of nitrogens with zero attached hydrogens (tertiary/aromatic N) is 3. The third-order valence-corrected chi connectivity index (χ3v) is 5.85. The fourth-order valence-corrected chi connectivity index (χ4v) is 4.57. The van der Waals surface area contributed by atoms with Gasteiger partial charge in [0, 0.05) is 12.6 Å². The Morgan fingerprint density at radius 2 is 2.04 bits per heavy atom. The Morgan fingerprint density at radius 3 is 2.71 bits per heavy atom. The van der Waals surface area contributed by atoms with E-state index in [1.807, 2.05) is 30.3 Å². The van der Waals surface area contributed by atoms with Gasteiger partial charge in [-0.05, 0) is 5.56 Å². The Morgan fingerprint density at radius 1 is 1.29 bits per heavy atom. The number of hydrogen-bond acceptors (Lipinski definition) is 4. The van der Waals surface area contributed by atoms with E-state index in [2.05, 4.69) is 4.98 Å². The van der Waals surface area contributed by atoms with Crippen molar-refractivity contribution < 1.29 is 14.2 Å². The molecule has 122 valence electrons. The minimum Gasteiger partial charge on any atom is -0.245 e. The second-order valence-corrected chi connectivity index (χ2v) is 7.58. The number of thiazole rings is 1. The minimum absolute atomic E-state index is 0.0979. The number of carbonyl (C=O) groups excluding carboxylic acids is 2. The van der Waals surface area contributed by atoms with Crippen molar-refractivity contribution >= 4 is 40.6 Å². The zero-order valence-electron chi connectivity index (χ0n) is 13.0. The smallest absolute Gasteiger partial charge is 0.245 e. The first-order valence-corrected chi connectivity index (χ1v) is 8.90. The number of halogens is 1. The monoisotopic (exact) mass is 360 g/mol. The maximum atomic E-state index is 13.2. The van der Waals surface area contributed by atoms with Crippen LogP contribution in [0.25, 0.3) is 0 Å². The van der Waals surface area contributed by atoms with Crippen LogP contribution in [-0.2, 0) is 9.59 Å². The molecule has 5 nitrogen and oxygen atoms in total. The highest BCUT2D eigenvalue weighted by Gasteiger charge is 2.54. The first kappa shape index (κ1) is 15.5. The lowest BCUT2D eigenvalue weighted by molar-refractivity contribution is -0.428. The fraction of sp³-hybridized carbons (Fsp3) is 0.294. The van der Waals surface area contributed by atoms with Crippen LogP contribution < -0.4 is 0 Å². The standard InChI is InChI=1S/C17H15ClN3O2S/c1-20-13-8-7-11(12-9-19-17(18)24-12)21(13)16(23)14(15(20)22)10-5-3-2-4-6-10/h2-6,9,11,14H,7-8H2,1H3/q+1. The van der Waals surface area contributed by atoms with Gasteiger partial charge in [-0.2, -0.15) is 4.90 Å². The maximum absolute atomic E-state index is 13.2. The second kappa shape index (κ2) is 5.79. The third-order valence-electron chi connectivity index (χ3n) is 4.64. The summed E-state index contributed by atoms with van der Waals surface area (Å²) < 4.78 is 2.09. The molecule has 1 aromatic heterocycles. The number of fused-ring (bicyclic) bond motifs is 1. The number of aromatic nitrogens is 1. The predicted octanol–water partition coefficient (Wildman–Crippen LogP) is 2.82. The van der Waals surface area contributed by atoms with Crippen molar-refractivity contribution in [2.45, 2.75) is 24.8 Å². The topological polar surface area (TPSA) is 53.3 Å². The summed E-state index contributed by atoms with van der Waals surface area (Å²) in [5, 5.41) is 0. The molecule has 2 aromatic rings. The SMILES string of the molecule is C[N+]1=C2CCC(c3cnc(Cl)s3)N2C(=O)C(c2ccccc2)C1=O. The molecule has 0 radical (unpaired) electrons. The van der Waals surface area contributed by atoms with Gasteiger partial charge in [0.25, 0.3) is 5.84 Å². The molecular formula is C17H15ClN3O2S+. The van der Waals surface area contributed by atoms with Crippen LogP contribution in [-0.4, -0.2) is 39.2 Å². The van der Waals surface area contributed by atoms with Crippen LogP contribution in [0, 0.1) is 0 Å². The summed E-state index contributed by atoms with van der Waals surface area (Å²) in [6.07, 6.45) is 3.19. The zero-order chi connectivity index (χ0) is 16.8. The summed E-state index contributed by atoms with van der Waals surface area (Å²) in [5.41, 5.74) is 0.728. The molecule has 24 heavy (non-hydrogen) atoms. The molecular weight excluding hydrogens is 346 g/mol. The van der Waals surface area contributed by atoms with Crippen LogP contribution in [0.4, 0.5) is 0 Å². The van der Waals surface area contributed by atoms with Crippen molar-refractivity contribution in [2.24, 2.45) is 0 Å². The first-order valence-electron chi connectivity index (χ1n) is 7.70. The summed E-state index contributed by atoms with van der Waals surface area (Å²) >= 11 is 7.34. The van der Waals surface area contributed by atoms with E-state index in [0.717, 1.165) is 22.7 Å². The molecule has 0 saturated carbocycles. The maximum Gasteiger partial charge on any atom is 0.329 e. The third kappa shape index (κ3) is 2.29. The number of amides is 2. The molecule has 0 spiro atoms. The van der Waals surface area contributed by atoms with Crippen molar-refractivity contribution in [3.8, 4) is 0 Å². The summed E-state index contributed by atoms with van der Waals surface area (Å²) in [6.45, 7) is 0. The number of likely N-dealkylation sites (N-methyl/N-ethyl adjacent to an activating group) is 1. The molecule has 2 unspecified atom stereocenters. The Balaban J connectivity index is 1.79. The van der Waals surface area contributed by atoms with Gasteiger partial charge < -0.3 is 0 Å². The molecule has 2 aliphatic rings. The quantitative estimate of drug-likeness (QED) is 0.611. The number of rotatable bonds is 2. The largest absolute Gasteiger partial charge is 0.329 e. The lowest BCUT2D eigenvalue weighted by Gasteiger charge is -2.26. The van der Waals surface area contributed by atoms with Gasteiger partial charge in [-0.25, -0.2) is 19.1 Å². The second-order valence-electron chi connectivity index (χ2n) is 5.94. The van der Waals surface area contributed by atoms with E-state index in [0.29, 0.717) is 10.9 Å². The molecule has 0 bridgehead atoms. The minimum atomic E-state index is -0.788. The summed E-state index contributed by atoms with van der Waals surface area (Å²) in [6, 6.07) is 9.13. The summed E-state index contributed by atoms with van der Waals surface area (Å²) in [4.78, 5) is 32.7. The molecule has 1 saturated heterocycles. The molecule has 7 heteroatoms. The highest BCUT2D eigenvalue weighted by Crippen LogP contribution is 2.41. The van der Waals surface area contributed by atoms with Crippen LogP contribution >= 0.6 is 22.9 Å². The van der Waals surface area contributed by atoms with Gasteiger partial charge in [0.15, 0.2) is 10.4 Å². The fourth-order valence-electron chi connectivity index (χ4n) is 3.49. The molecule has 2 amide bonds. The molecule has 2 aliphatic heterocycles. The van der Waals surface area contributed by atoms with Gasteiger partial charge in [-0.15, -0.1) is 11.3 Å². The first-order chi connectivity index (χ1) is 11.6. The van der Waals surface area contributed by atoms with Gasteiger partial charge in [-0.1, -0.05) is 41.9 Å². The van der Waals surface area contributed by atoms with Crippen molar-refractivity contribution in [1.29, 1.82) is 0 Å². The zero-order valence-corrected chi connectivity index (χ0v) is 14.5. The van der Waals surface area contributed by atoms with Gasteiger partial charge in [0.05, 0.1) is 18.3 Å². The Kier molecular flexibility index (Phi) is 3.73. The number of hydrogen-bond donors (Lipinski definition) is 0. The van der Waals surface area contributed by atoms with Crippen molar-refractivity contribution in [2.75, 3.05) is 7.05 Å². The highest BCUT2D eigenvalue weighted by atomic mass is 35.5. The van der Waals surface area contributed by atoms with E-state index in [-0.39, 0.29) is 17.9 Å². The Bertz CT molecular complexity index is 862. The number of amidine groups is 1. The normalized spacial score (nSPS) is 23.8. The van der Waals surface area contributed by atoms with Gasteiger partial charge in [0.1, 0.15) is 6.04 Å². The van der Waals surface area contributed by atoms with E-state index in [1.165, 1.54) is 11.3 Å². The average Bonchev–Trinajstić information content (AvgIpc) is 3.20. The molecule has 1 fully saturated rings. The number of carbonyl (C=O) groups is 2. The van der Waals surface area contributed by atoms with E-state index >= 15 is 0 Å². The van der Waals surface area contributed by atoms with Crippen LogP contribution in [0.5, 0.6) is 0 Å². The van der Waals surface area contributed by atoms with E-state index in [1.54, 1.807) is 22.7 Å². The van der Waals surface area contributed by atoms with Crippen LogP contribution in [0.3, 0.4) is 0 Å². The lowest BCUT2D eigenvalue weighted by Crippen LogP contribution is -2.51. The molecule has 0 aliphatic carbocycles. The van der Waals surface area contributed by atoms with Crippen LogP contribution in [0.15, 0.2) is 36.5 Å². The van der Waals surface area contributed by atoms with E-state index in [9.17, 15) is 9.59 Å². The summed E-state index contributed by atoms with van der Waals surface area (Å²) in [5.74, 6) is -0.345. The van der Waals surface area contributed by atoms with Crippen LogP contribution in [0.1, 0.15) is 35.2 Å². The Hall–Kier alpha value is -2.05. The molecule has 1 aromatic carbocycles.